The predicted octanol–water partition coefficient (Wildman–Crippen LogP) is 3.40. The van der Waals surface area contributed by atoms with Gasteiger partial charge in [0.1, 0.15) is 6.54 Å². The number of nitrogens with one attached hydrogen (secondary N) is 1. The topological polar surface area (TPSA) is 73.1 Å². The van der Waals surface area contributed by atoms with Gasteiger partial charge in [0.05, 0.1) is 23.5 Å². The number of aryl methyl sites for hydroxylation is 1. The highest BCUT2D eigenvalue weighted by Gasteiger charge is 2.17. The maximum atomic E-state index is 13.3. The molecule has 3 aromatic carbocycles. The van der Waals surface area contributed by atoms with Crippen molar-refractivity contribution in [3.05, 3.63) is 116 Å². The van der Waals surface area contributed by atoms with Gasteiger partial charge in [-0.05, 0) is 37.1 Å². The lowest BCUT2D eigenvalue weighted by molar-refractivity contribution is -0.122. The molecule has 0 fully saturated rings. The molecule has 0 bridgehead atoms. The van der Waals surface area contributed by atoms with Gasteiger partial charge in [0.15, 0.2) is 0 Å². The summed E-state index contributed by atoms with van der Waals surface area (Å²) in [5, 5.41) is 3.37. The Labute approximate surface area is 185 Å². The molecular formula is C26H25N3O3. The number of benzene rings is 3. The zero-order chi connectivity index (χ0) is 22.7. The molecule has 0 saturated heterocycles. The second kappa shape index (κ2) is 9.06. The number of hydrogen-bond donors (Lipinski definition) is 1. The Bertz CT molecular complexity index is 1370. The van der Waals surface area contributed by atoms with E-state index in [2.05, 4.69) is 5.32 Å². The largest absolute Gasteiger partial charge is 0.348 e. The fraction of sp³-hybridized carbons (Fsp3) is 0.192. The maximum absolute atomic E-state index is 13.3. The Balaban J connectivity index is 1.73. The molecule has 0 spiro atoms. The third kappa shape index (κ3) is 4.39. The number of nitrogens with zero attached hydrogens (tertiary/aromatic N) is 2. The van der Waals surface area contributed by atoms with E-state index in [-0.39, 0.29) is 30.6 Å². The first-order valence-corrected chi connectivity index (χ1v) is 10.6. The van der Waals surface area contributed by atoms with Crippen molar-refractivity contribution in [2.75, 3.05) is 0 Å². The Morgan fingerprint density at radius 2 is 1.56 bits per heavy atom. The third-order valence-electron chi connectivity index (χ3n) is 5.54. The van der Waals surface area contributed by atoms with Gasteiger partial charge in [-0.1, -0.05) is 72.3 Å². The van der Waals surface area contributed by atoms with Crippen molar-refractivity contribution < 1.29 is 4.79 Å². The Morgan fingerprint density at radius 1 is 0.906 bits per heavy atom. The van der Waals surface area contributed by atoms with E-state index < -0.39 is 5.69 Å². The van der Waals surface area contributed by atoms with Crippen molar-refractivity contribution in [3.8, 4) is 0 Å². The first kappa shape index (κ1) is 21.3. The van der Waals surface area contributed by atoms with Crippen LogP contribution in [-0.2, 0) is 17.9 Å². The average Bonchev–Trinajstić information content (AvgIpc) is 2.81. The number of carbonyl (C=O) groups excluding carboxylic acids is 1. The summed E-state index contributed by atoms with van der Waals surface area (Å²) in [5.41, 5.74) is 2.32. The Morgan fingerprint density at radius 3 is 2.25 bits per heavy atom. The van der Waals surface area contributed by atoms with Gasteiger partial charge in [-0.25, -0.2) is 4.79 Å². The number of aromatic nitrogens is 2. The lowest BCUT2D eigenvalue weighted by atomic mass is 10.1. The molecule has 32 heavy (non-hydrogen) atoms. The van der Waals surface area contributed by atoms with Gasteiger partial charge in [-0.15, -0.1) is 0 Å². The number of amides is 1. The minimum absolute atomic E-state index is 0.143. The summed E-state index contributed by atoms with van der Waals surface area (Å²) in [6.07, 6.45) is 0. The van der Waals surface area contributed by atoms with Crippen molar-refractivity contribution in [2.45, 2.75) is 33.0 Å². The smallest absolute Gasteiger partial charge is 0.332 e. The van der Waals surface area contributed by atoms with Gasteiger partial charge in [-0.2, -0.15) is 0 Å². The third-order valence-corrected chi connectivity index (χ3v) is 5.54. The first-order valence-electron chi connectivity index (χ1n) is 10.6. The monoisotopic (exact) mass is 427 g/mol. The zero-order valence-corrected chi connectivity index (χ0v) is 18.1. The Hall–Kier alpha value is -3.93. The minimum Gasteiger partial charge on any atom is -0.348 e. The van der Waals surface area contributed by atoms with Crippen LogP contribution in [0.25, 0.3) is 10.9 Å². The highest BCUT2D eigenvalue weighted by Crippen LogP contribution is 2.13. The summed E-state index contributed by atoms with van der Waals surface area (Å²) < 4.78 is 2.58. The zero-order valence-electron chi connectivity index (χ0n) is 18.1. The molecule has 162 valence electrons. The quantitative estimate of drug-likeness (QED) is 0.513. The van der Waals surface area contributed by atoms with Gasteiger partial charge in [-0.3, -0.25) is 18.7 Å². The van der Waals surface area contributed by atoms with E-state index in [0.29, 0.717) is 10.9 Å². The van der Waals surface area contributed by atoms with Crippen LogP contribution in [0, 0.1) is 6.92 Å². The molecule has 4 rings (SSSR count). The van der Waals surface area contributed by atoms with Crippen LogP contribution in [0.1, 0.15) is 29.7 Å². The Kier molecular flexibility index (Phi) is 6.03. The van der Waals surface area contributed by atoms with Crippen molar-refractivity contribution in [2.24, 2.45) is 0 Å². The normalized spacial score (nSPS) is 11.9. The van der Waals surface area contributed by atoms with Crippen LogP contribution in [0.4, 0.5) is 0 Å². The van der Waals surface area contributed by atoms with Crippen LogP contribution < -0.4 is 16.6 Å². The van der Waals surface area contributed by atoms with Crippen molar-refractivity contribution in [3.63, 3.8) is 0 Å². The van der Waals surface area contributed by atoms with E-state index in [0.717, 1.165) is 16.7 Å². The van der Waals surface area contributed by atoms with Gasteiger partial charge < -0.3 is 5.32 Å². The van der Waals surface area contributed by atoms with Crippen LogP contribution in [-0.4, -0.2) is 15.0 Å². The molecule has 0 radical (unpaired) electrons. The molecule has 0 aliphatic heterocycles. The van der Waals surface area contributed by atoms with E-state index in [4.69, 9.17) is 0 Å². The number of fused-ring (bicyclic) bond motifs is 1. The maximum Gasteiger partial charge on any atom is 0.332 e. The number of rotatable bonds is 6. The molecule has 1 aromatic heterocycles. The summed E-state index contributed by atoms with van der Waals surface area (Å²) in [6, 6.07) is 24.1. The first-order chi connectivity index (χ1) is 15.4. The molecule has 1 unspecified atom stereocenters. The molecule has 1 amide bonds. The van der Waals surface area contributed by atoms with Gasteiger partial charge in [0, 0.05) is 0 Å². The SMILES string of the molecule is Cc1ccc2c(c1)c(=O)n(Cc1ccccc1)c(=O)n2CC(=O)NC(C)c1ccccc1. The molecule has 6 heteroatoms. The van der Waals surface area contributed by atoms with Gasteiger partial charge in [0.2, 0.25) is 5.91 Å². The molecule has 1 N–H and O–H groups in total. The summed E-state index contributed by atoms with van der Waals surface area (Å²) >= 11 is 0. The molecule has 4 aromatic rings. The molecule has 0 aliphatic rings. The number of hydrogen-bond acceptors (Lipinski definition) is 3. The standard InChI is InChI=1S/C26H25N3O3/c1-18-13-14-23-22(15-18)25(31)29(16-20-9-5-3-6-10-20)26(32)28(23)17-24(30)27-19(2)21-11-7-4-8-12-21/h3-15,19H,16-17H2,1-2H3,(H,27,30). The summed E-state index contributed by atoms with van der Waals surface area (Å²) in [4.78, 5) is 39.3. The second-order valence-corrected chi connectivity index (χ2v) is 7.97. The van der Waals surface area contributed by atoms with E-state index in [1.165, 1.54) is 9.13 Å². The molecule has 6 nitrogen and oxygen atoms in total. The highest BCUT2D eigenvalue weighted by atomic mass is 16.2. The van der Waals surface area contributed by atoms with Crippen LogP contribution >= 0.6 is 0 Å². The van der Waals surface area contributed by atoms with Gasteiger partial charge in [0.25, 0.3) is 5.56 Å². The fourth-order valence-electron chi connectivity index (χ4n) is 3.85. The number of carbonyl (C=O) groups is 1. The molecule has 1 heterocycles. The molecular weight excluding hydrogens is 402 g/mol. The molecule has 0 aliphatic carbocycles. The van der Waals surface area contributed by atoms with Gasteiger partial charge >= 0.3 is 5.69 Å². The lowest BCUT2D eigenvalue weighted by Gasteiger charge is -2.17. The summed E-state index contributed by atoms with van der Waals surface area (Å²) in [5.74, 6) is -0.296. The second-order valence-electron chi connectivity index (χ2n) is 7.97. The highest BCUT2D eigenvalue weighted by molar-refractivity contribution is 5.82. The molecule has 0 saturated carbocycles. The van der Waals surface area contributed by atoms with Crippen LogP contribution in [0.15, 0.2) is 88.5 Å². The predicted molar refractivity (Wildman–Crippen MR) is 126 cm³/mol. The fourth-order valence-corrected chi connectivity index (χ4v) is 3.85. The van der Waals surface area contributed by atoms with Crippen molar-refractivity contribution in [1.29, 1.82) is 0 Å². The van der Waals surface area contributed by atoms with Crippen LogP contribution in [0.2, 0.25) is 0 Å². The van der Waals surface area contributed by atoms with Crippen LogP contribution in [0.3, 0.4) is 0 Å². The summed E-state index contributed by atoms with van der Waals surface area (Å²) in [7, 11) is 0. The summed E-state index contributed by atoms with van der Waals surface area (Å²) in [6.45, 7) is 3.76. The van der Waals surface area contributed by atoms with E-state index in [1.807, 2.05) is 80.6 Å². The average molecular weight is 428 g/mol. The minimum atomic E-state index is -0.502. The van der Waals surface area contributed by atoms with E-state index in [1.54, 1.807) is 12.1 Å². The van der Waals surface area contributed by atoms with Crippen molar-refractivity contribution in [1.82, 2.24) is 14.5 Å². The van der Waals surface area contributed by atoms with E-state index >= 15 is 0 Å². The van der Waals surface area contributed by atoms with Crippen LogP contribution in [0.5, 0.6) is 0 Å². The van der Waals surface area contributed by atoms with Crippen molar-refractivity contribution >= 4 is 16.8 Å². The lowest BCUT2D eigenvalue weighted by Crippen LogP contribution is -2.43. The molecule has 1 atom stereocenters. The van der Waals surface area contributed by atoms with E-state index in [9.17, 15) is 14.4 Å².